The fourth-order valence-corrected chi connectivity index (χ4v) is 2.26. The first-order chi connectivity index (χ1) is 12.0. The number of benzene rings is 2. The topological polar surface area (TPSA) is 72.5 Å². The van der Waals surface area contributed by atoms with Gasteiger partial charge in [-0.1, -0.05) is 42.5 Å². The van der Waals surface area contributed by atoms with Gasteiger partial charge in [-0.05, 0) is 38.0 Å². The van der Waals surface area contributed by atoms with E-state index in [0.717, 1.165) is 5.56 Å². The SMILES string of the molecule is CC(=O)c1cccc(NC(=O)[C@@H](C)OC(=O)CCc2ccccc2)c1. The Hall–Kier alpha value is -2.95. The predicted molar refractivity (Wildman–Crippen MR) is 95.4 cm³/mol. The van der Waals surface area contributed by atoms with Crippen molar-refractivity contribution in [2.45, 2.75) is 32.8 Å². The molecule has 130 valence electrons. The first kappa shape index (κ1) is 18.4. The van der Waals surface area contributed by atoms with E-state index in [-0.39, 0.29) is 12.2 Å². The minimum absolute atomic E-state index is 0.0866. The highest BCUT2D eigenvalue weighted by Gasteiger charge is 2.18. The van der Waals surface area contributed by atoms with Gasteiger partial charge in [0.25, 0.3) is 5.91 Å². The van der Waals surface area contributed by atoms with Crippen LogP contribution in [0.4, 0.5) is 5.69 Å². The molecule has 5 heteroatoms. The maximum Gasteiger partial charge on any atom is 0.306 e. The zero-order valence-corrected chi connectivity index (χ0v) is 14.3. The van der Waals surface area contributed by atoms with Crippen LogP contribution in [0.5, 0.6) is 0 Å². The van der Waals surface area contributed by atoms with Crippen molar-refractivity contribution in [3.8, 4) is 0 Å². The maximum absolute atomic E-state index is 12.1. The Morgan fingerprint density at radius 3 is 2.44 bits per heavy atom. The van der Waals surface area contributed by atoms with Gasteiger partial charge in [-0.2, -0.15) is 0 Å². The largest absolute Gasteiger partial charge is 0.453 e. The molecule has 1 atom stereocenters. The molecule has 0 aliphatic carbocycles. The normalized spacial score (nSPS) is 11.4. The third-order valence-electron chi connectivity index (χ3n) is 3.67. The number of Topliss-reactive ketones (excluding diaryl/α,β-unsaturated/α-hetero) is 1. The van der Waals surface area contributed by atoms with Crippen LogP contribution in [0.3, 0.4) is 0 Å². The van der Waals surface area contributed by atoms with Crippen molar-refractivity contribution >= 4 is 23.3 Å². The lowest BCUT2D eigenvalue weighted by atomic mass is 10.1. The van der Waals surface area contributed by atoms with Crippen LogP contribution in [0.25, 0.3) is 0 Å². The average molecular weight is 339 g/mol. The molecule has 0 aliphatic heterocycles. The summed E-state index contributed by atoms with van der Waals surface area (Å²) in [7, 11) is 0. The molecule has 0 heterocycles. The number of rotatable bonds is 7. The number of hydrogen-bond acceptors (Lipinski definition) is 4. The second-order valence-corrected chi connectivity index (χ2v) is 5.74. The van der Waals surface area contributed by atoms with Gasteiger partial charge in [0, 0.05) is 17.7 Å². The number of ketones is 1. The molecule has 1 amide bonds. The van der Waals surface area contributed by atoms with E-state index in [9.17, 15) is 14.4 Å². The molecule has 0 bridgehead atoms. The summed E-state index contributed by atoms with van der Waals surface area (Å²) in [5, 5.41) is 2.65. The molecule has 1 N–H and O–H groups in total. The molecular weight excluding hydrogens is 318 g/mol. The van der Waals surface area contributed by atoms with E-state index in [4.69, 9.17) is 4.74 Å². The van der Waals surface area contributed by atoms with E-state index >= 15 is 0 Å². The number of hydrogen-bond donors (Lipinski definition) is 1. The molecule has 0 spiro atoms. The van der Waals surface area contributed by atoms with Crippen molar-refractivity contribution in [3.05, 3.63) is 65.7 Å². The van der Waals surface area contributed by atoms with Gasteiger partial charge < -0.3 is 10.1 Å². The number of ether oxygens (including phenoxy) is 1. The summed E-state index contributed by atoms with van der Waals surface area (Å²) < 4.78 is 5.17. The number of amides is 1. The van der Waals surface area contributed by atoms with Crippen molar-refractivity contribution in [1.29, 1.82) is 0 Å². The maximum atomic E-state index is 12.1. The van der Waals surface area contributed by atoms with Crippen molar-refractivity contribution < 1.29 is 19.1 Å². The lowest BCUT2D eigenvalue weighted by molar-refractivity contribution is -0.153. The first-order valence-corrected chi connectivity index (χ1v) is 8.11. The monoisotopic (exact) mass is 339 g/mol. The highest BCUT2D eigenvalue weighted by Crippen LogP contribution is 2.12. The van der Waals surface area contributed by atoms with Gasteiger partial charge in [-0.25, -0.2) is 0 Å². The van der Waals surface area contributed by atoms with Crippen LogP contribution >= 0.6 is 0 Å². The summed E-state index contributed by atoms with van der Waals surface area (Å²) in [5.74, 6) is -0.950. The Morgan fingerprint density at radius 1 is 1.04 bits per heavy atom. The minimum Gasteiger partial charge on any atom is -0.453 e. The van der Waals surface area contributed by atoms with Crippen LogP contribution in [0, 0.1) is 0 Å². The predicted octanol–water partition coefficient (Wildman–Crippen LogP) is 3.39. The van der Waals surface area contributed by atoms with E-state index in [1.165, 1.54) is 13.8 Å². The number of esters is 1. The quantitative estimate of drug-likeness (QED) is 0.620. The first-order valence-electron chi connectivity index (χ1n) is 8.11. The molecule has 0 unspecified atom stereocenters. The molecule has 2 aromatic carbocycles. The van der Waals surface area contributed by atoms with Crippen molar-refractivity contribution in [1.82, 2.24) is 0 Å². The summed E-state index contributed by atoms with van der Waals surface area (Å²) in [5.41, 5.74) is 2.03. The molecule has 0 saturated heterocycles. The van der Waals surface area contributed by atoms with E-state index in [2.05, 4.69) is 5.32 Å². The van der Waals surface area contributed by atoms with E-state index in [1.807, 2.05) is 30.3 Å². The van der Waals surface area contributed by atoms with Crippen LogP contribution in [0.15, 0.2) is 54.6 Å². The fourth-order valence-electron chi connectivity index (χ4n) is 2.26. The molecule has 25 heavy (non-hydrogen) atoms. The Balaban J connectivity index is 1.84. The van der Waals surface area contributed by atoms with Gasteiger partial charge in [0.1, 0.15) is 0 Å². The summed E-state index contributed by atoms with van der Waals surface area (Å²) in [4.78, 5) is 35.4. The van der Waals surface area contributed by atoms with Crippen LogP contribution in [0.2, 0.25) is 0 Å². The second-order valence-electron chi connectivity index (χ2n) is 5.74. The summed E-state index contributed by atoms with van der Waals surface area (Å²) in [6, 6.07) is 16.2. The molecule has 0 aliphatic rings. The van der Waals surface area contributed by atoms with E-state index in [0.29, 0.717) is 17.7 Å². The summed E-state index contributed by atoms with van der Waals surface area (Å²) in [6.07, 6.45) is -0.139. The highest BCUT2D eigenvalue weighted by molar-refractivity contribution is 5.98. The molecule has 0 fully saturated rings. The molecule has 5 nitrogen and oxygen atoms in total. The summed E-state index contributed by atoms with van der Waals surface area (Å²) >= 11 is 0. The smallest absolute Gasteiger partial charge is 0.306 e. The zero-order chi connectivity index (χ0) is 18.2. The number of carbonyl (C=O) groups excluding carboxylic acids is 3. The minimum atomic E-state index is -0.913. The number of aryl methyl sites for hydroxylation is 1. The third kappa shape index (κ3) is 5.88. The van der Waals surface area contributed by atoms with Crippen LogP contribution in [0.1, 0.15) is 36.2 Å². The van der Waals surface area contributed by atoms with Crippen LogP contribution in [-0.4, -0.2) is 23.8 Å². The lowest BCUT2D eigenvalue weighted by Crippen LogP contribution is -2.30. The third-order valence-corrected chi connectivity index (χ3v) is 3.67. The van der Waals surface area contributed by atoms with Gasteiger partial charge in [0.2, 0.25) is 0 Å². The van der Waals surface area contributed by atoms with Gasteiger partial charge in [0.15, 0.2) is 11.9 Å². The second kappa shape index (κ2) is 8.78. The standard InChI is InChI=1S/C20H21NO4/c1-14(22)17-9-6-10-18(13-17)21-20(24)15(2)25-19(23)12-11-16-7-4-3-5-8-16/h3-10,13,15H,11-12H2,1-2H3,(H,21,24)/t15-/m1/s1. The summed E-state index contributed by atoms with van der Waals surface area (Å²) in [6.45, 7) is 2.97. The average Bonchev–Trinajstić information content (AvgIpc) is 2.61. The Labute approximate surface area is 147 Å². The molecule has 0 radical (unpaired) electrons. The van der Waals surface area contributed by atoms with Crippen LogP contribution in [-0.2, 0) is 20.7 Å². The fraction of sp³-hybridized carbons (Fsp3) is 0.250. The number of nitrogens with one attached hydrogen (secondary N) is 1. The zero-order valence-electron chi connectivity index (χ0n) is 14.3. The van der Waals surface area contributed by atoms with Crippen molar-refractivity contribution in [3.63, 3.8) is 0 Å². The molecule has 0 saturated carbocycles. The van der Waals surface area contributed by atoms with E-state index < -0.39 is 18.0 Å². The van der Waals surface area contributed by atoms with Gasteiger partial charge in [0.05, 0.1) is 0 Å². The van der Waals surface area contributed by atoms with Crippen molar-refractivity contribution in [2.75, 3.05) is 5.32 Å². The molecule has 2 aromatic rings. The Bertz CT molecular complexity index is 755. The van der Waals surface area contributed by atoms with Gasteiger partial charge in [-0.3, -0.25) is 14.4 Å². The van der Waals surface area contributed by atoms with E-state index in [1.54, 1.807) is 24.3 Å². The molecule has 0 aromatic heterocycles. The van der Waals surface area contributed by atoms with Crippen LogP contribution < -0.4 is 5.32 Å². The number of carbonyl (C=O) groups is 3. The van der Waals surface area contributed by atoms with Gasteiger partial charge >= 0.3 is 5.97 Å². The Morgan fingerprint density at radius 2 is 1.76 bits per heavy atom. The molecule has 2 rings (SSSR count). The van der Waals surface area contributed by atoms with Crippen molar-refractivity contribution in [2.24, 2.45) is 0 Å². The highest BCUT2D eigenvalue weighted by atomic mass is 16.5. The number of anilines is 1. The Kier molecular flexibility index (Phi) is 6.46. The van der Waals surface area contributed by atoms with Gasteiger partial charge in [-0.15, -0.1) is 0 Å². The lowest BCUT2D eigenvalue weighted by Gasteiger charge is -2.14. The molecular formula is C20H21NO4.